The number of methoxy groups -OCH3 is 1. The fourth-order valence-corrected chi connectivity index (χ4v) is 3.89. The molecule has 3 rings (SSSR count). The predicted molar refractivity (Wildman–Crippen MR) is 74.3 cm³/mol. The summed E-state index contributed by atoms with van der Waals surface area (Å²) >= 11 is 0. The van der Waals surface area contributed by atoms with Crippen molar-refractivity contribution >= 4 is 0 Å². The third kappa shape index (κ3) is 1.93. The summed E-state index contributed by atoms with van der Waals surface area (Å²) < 4.78 is 5.40. The van der Waals surface area contributed by atoms with Crippen molar-refractivity contribution in [1.29, 1.82) is 0 Å². The predicted octanol–water partition coefficient (Wildman–Crippen LogP) is 2.85. The summed E-state index contributed by atoms with van der Waals surface area (Å²) in [4.78, 5) is 2.50. The third-order valence-corrected chi connectivity index (χ3v) is 4.83. The van der Waals surface area contributed by atoms with Gasteiger partial charge in [-0.15, -0.1) is 0 Å². The lowest BCUT2D eigenvalue weighted by molar-refractivity contribution is 0.288. The van der Waals surface area contributed by atoms with Crippen LogP contribution in [0.2, 0.25) is 0 Å². The molecular weight excluding hydrogens is 222 g/mol. The number of likely N-dealkylation sites (tertiary alicyclic amines) is 1. The quantitative estimate of drug-likeness (QED) is 0.754. The van der Waals surface area contributed by atoms with E-state index in [0.717, 1.165) is 11.7 Å². The van der Waals surface area contributed by atoms with Gasteiger partial charge in [0.05, 0.1) is 7.11 Å². The minimum absolute atomic E-state index is 0.345. The molecule has 2 unspecified atom stereocenters. The second-order valence-electron chi connectivity index (χ2n) is 6.37. The number of hydrogen-bond donors (Lipinski definition) is 0. The van der Waals surface area contributed by atoms with Crippen molar-refractivity contribution in [2.45, 2.75) is 31.6 Å². The van der Waals surface area contributed by atoms with Crippen LogP contribution >= 0.6 is 0 Å². The van der Waals surface area contributed by atoms with Crippen LogP contribution in [0.3, 0.4) is 0 Å². The summed E-state index contributed by atoms with van der Waals surface area (Å²) in [6, 6.07) is 6.67. The Balaban J connectivity index is 2.05. The van der Waals surface area contributed by atoms with Crippen molar-refractivity contribution in [3.05, 3.63) is 29.3 Å². The number of fused-ring (bicyclic) bond motifs is 4. The summed E-state index contributed by atoms with van der Waals surface area (Å²) in [5, 5.41) is 0. The SMILES string of the molecule is COc1ccc2c(c1)C1(C)CCN(C)CC(C2)C1. The highest BCUT2D eigenvalue weighted by molar-refractivity contribution is 5.42. The number of rotatable bonds is 1. The van der Waals surface area contributed by atoms with Crippen molar-refractivity contribution in [1.82, 2.24) is 4.90 Å². The van der Waals surface area contributed by atoms with E-state index in [0.29, 0.717) is 5.41 Å². The molecule has 2 heteroatoms. The summed E-state index contributed by atoms with van der Waals surface area (Å²) in [5.41, 5.74) is 3.43. The lowest BCUT2D eigenvalue weighted by atomic mass is 9.66. The van der Waals surface area contributed by atoms with Crippen LogP contribution in [0.5, 0.6) is 5.75 Å². The molecule has 2 bridgehead atoms. The van der Waals surface area contributed by atoms with Crippen LogP contribution in [0.25, 0.3) is 0 Å². The van der Waals surface area contributed by atoms with Gasteiger partial charge in [0, 0.05) is 6.54 Å². The molecule has 1 aromatic rings. The maximum atomic E-state index is 5.40. The first-order valence-electron chi connectivity index (χ1n) is 6.97. The molecular formula is C16H23NO. The largest absolute Gasteiger partial charge is 0.497 e. The molecule has 0 aromatic heterocycles. The highest BCUT2D eigenvalue weighted by atomic mass is 16.5. The molecule has 1 heterocycles. The maximum Gasteiger partial charge on any atom is 0.119 e. The zero-order valence-electron chi connectivity index (χ0n) is 11.7. The fourth-order valence-electron chi connectivity index (χ4n) is 3.89. The first-order chi connectivity index (χ1) is 8.60. The monoisotopic (exact) mass is 245 g/mol. The van der Waals surface area contributed by atoms with Gasteiger partial charge in [0.25, 0.3) is 0 Å². The Kier molecular flexibility index (Phi) is 2.86. The zero-order chi connectivity index (χ0) is 12.8. The van der Waals surface area contributed by atoms with Crippen LogP contribution in [0, 0.1) is 5.92 Å². The summed E-state index contributed by atoms with van der Waals surface area (Å²) in [5.74, 6) is 1.83. The lowest BCUT2D eigenvalue weighted by Crippen LogP contribution is -2.32. The molecule has 1 aliphatic heterocycles. The van der Waals surface area contributed by atoms with Crippen molar-refractivity contribution in [2.75, 3.05) is 27.2 Å². The minimum Gasteiger partial charge on any atom is -0.497 e. The molecule has 0 spiro atoms. The standard InChI is InChI=1S/C16H23NO/c1-16-6-7-17(2)11-12(10-16)8-13-4-5-14(18-3)9-15(13)16/h4-5,9,12H,6-8,10-11H2,1-3H3. The topological polar surface area (TPSA) is 12.5 Å². The van der Waals surface area contributed by atoms with Gasteiger partial charge >= 0.3 is 0 Å². The van der Waals surface area contributed by atoms with E-state index in [9.17, 15) is 0 Å². The van der Waals surface area contributed by atoms with Crippen molar-refractivity contribution < 1.29 is 4.74 Å². The first-order valence-corrected chi connectivity index (χ1v) is 6.97. The van der Waals surface area contributed by atoms with Crippen molar-refractivity contribution in [3.63, 3.8) is 0 Å². The fraction of sp³-hybridized carbons (Fsp3) is 0.625. The highest BCUT2D eigenvalue weighted by Gasteiger charge is 2.39. The van der Waals surface area contributed by atoms with Crippen LogP contribution in [0.15, 0.2) is 18.2 Å². The number of hydrogen-bond acceptors (Lipinski definition) is 2. The van der Waals surface area contributed by atoms with Gasteiger partial charge in [-0.3, -0.25) is 0 Å². The maximum absolute atomic E-state index is 5.40. The molecule has 2 aliphatic rings. The number of ether oxygens (including phenoxy) is 1. The van der Waals surface area contributed by atoms with E-state index in [4.69, 9.17) is 4.74 Å². The molecule has 1 fully saturated rings. The van der Waals surface area contributed by atoms with Gasteiger partial charge in [-0.1, -0.05) is 13.0 Å². The summed E-state index contributed by atoms with van der Waals surface area (Å²) in [7, 11) is 4.02. The Labute approximate surface area is 110 Å². The van der Waals surface area contributed by atoms with Gasteiger partial charge in [-0.05, 0) is 67.4 Å². The average Bonchev–Trinajstić information content (AvgIpc) is 2.47. The molecule has 0 amide bonds. The smallest absolute Gasteiger partial charge is 0.119 e. The second-order valence-corrected chi connectivity index (χ2v) is 6.37. The zero-order valence-corrected chi connectivity index (χ0v) is 11.7. The third-order valence-electron chi connectivity index (χ3n) is 4.83. The van der Waals surface area contributed by atoms with Crippen LogP contribution in [-0.2, 0) is 11.8 Å². The molecule has 2 atom stereocenters. The van der Waals surface area contributed by atoms with Gasteiger partial charge in [-0.2, -0.15) is 0 Å². The van der Waals surface area contributed by atoms with E-state index in [1.165, 1.54) is 37.9 Å². The average molecular weight is 245 g/mol. The Morgan fingerprint density at radius 1 is 1.39 bits per heavy atom. The van der Waals surface area contributed by atoms with E-state index >= 15 is 0 Å². The van der Waals surface area contributed by atoms with E-state index < -0.39 is 0 Å². The lowest BCUT2D eigenvalue weighted by Gasteiger charge is -2.38. The van der Waals surface area contributed by atoms with Crippen LogP contribution in [0.1, 0.15) is 30.9 Å². The second kappa shape index (κ2) is 4.27. The van der Waals surface area contributed by atoms with Gasteiger partial charge in [-0.25, -0.2) is 0 Å². The minimum atomic E-state index is 0.345. The molecule has 1 aliphatic carbocycles. The number of nitrogens with zero attached hydrogens (tertiary/aromatic N) is 1. The van der Waals surface area contributed by atoms with Crippen molar-refractivity contribution in [2.24, 2.45) is 5.92 Å². The van der Waals surface area contributed by atoms with E-state index in [1.807, 2.05) is 0 Å². The molecule has 0 radical (unpaired) electrons. The molecule has 1 aromatic carbocycles. The molecule has 2 nitrogen and oxygen atoms in total. The Hall–Kier alpha value is -1.02. The molecule has 1 saturated heterocycles. The van der Waals surface area contributed by atoms with Gasteiger partial charge in [0.1, 0.15) is 5.75 Å². The van der Waals surface area contributed by atoms with E-state index in [2.05, 4.69) is 37.1 Å². The Morgan fingerprint density at radius 3 is 3.00 bits per heavy atom. The highest BCUT2D eigenvalue weighted by Crippen LogP contribution is 2.45. The van der Waals surface area contributed by atoms with E-state index in [-0.39, 0.29) is 0 Å². The van der Waals surface area contributed by atoms with Gasteiger partial charge in [0.2, 0.25) is 0 Å². The van der Waals surface area contributed by atoms with Crippen LogP contribution in [0.4, 0.5) is 0 Å². The Bertz CT molecular complexity index is 456. The summed E-state index contributed by atoms with van der Waals surface area (Å²) in [6.07, 6.45) is 3.83. The Morgan fingerprint density at radius 2 is 2.22 bits per heavy atom. The van der Waals surface area contributed by atoms with Crippen LogP contribution < -0.4 is 4.74 Å². The normalized spacial score (nSPS) is 31.6. The molecule has 98 valence electrons. The van der Waals surface area contributed by atoms with Gasteiger partial charge in [0.15, 0.2) is 0 Å². The van der Waals surface area contributed by atoms with Crippen molar-refractivity contribution in [3.8, 4) is 5.75 Å². The molecule has 0 N–H and O–H groups in total. The molecule has 18 heavy (non-hydrogen) atoms. The summed E-state index contributed by atoms with van der Waals surface area (Å²) in [6.45, 7) is 4.90. The first kappa shape index (κ1) is 12.0. The van der Waals surface area contributed by atoms with Gasteiger partial charge < -0.3 is 9.64 Å². The van der Waals surface area contributed by atoms with E-state index in [1.54, 1.807) is 12.7 Å². The number of benzene rings is 1. The molecule has 0 saturated carbocycles. The van der Waals surface area contributed by atoms with Crippen LogP contribution in [-0.4, -0.2) is 32.1 Å².